The van der Waals surface area contributed by atoms with E-state index in [9.17, 15) is 5.11 Å². The summed E-state index contributed by atoms with van der Waals surface area (Å²) in [4.78, 5) is 0. The van der Waals surface area contributed by atoms with Gasteiger partial charge in [-0.1, -0.05) is 13.8 Å². The third-order valence-electron chi connectivity index (χ3n) is 5.49. The second-order valence-corrected chi connectivity index (χ2v) is 7.07. The van der Waals surface area contributed by atoms with Crippen molar-refractivity contribution < 1.29 is 9.84 Å². The molecule has 0 aromatic heterocycles. The van der Waals surface area contributed by atoms with Crippen LogP contribution in [0.3, 0.4) is 0 Å². The minimum atomic E-state index is -0.0791. The molecule has 0 spiro atoms. The largest absolute Gasteiger partial charge is 0.393 e. The molecular formula is C14H24O2. The fraction of sp³-hybridized carbons (Fsp3) is 1.00. The van der Waals surface area contributed by atoms with E-state index in [0.29, 0.717) is 23.4 Å². The minimum Gasteiger partial charge on any atom is -0.393 e. The summed E-state index contributed by atoms with van der Waals surface area (Å²) in [5, 5.41) is 10.2. The Labute approximate surface area is 98.4 Å². The summed E-state index contributed by atoms with van der Waals surface area (Å²) in [6, 6.07) is 0. The molecule has 92 valence electrons. The van der Waals surface area contributed by atoms with Crippen LogP contribution >= 0.6 is 0 Å². The molecule has 2 heteroatoms. The van der Waals surface area contributed by atoms with Crippen LogP contribution < -0.4 is 0 Å². The van der Waals surface area contributed by atoms with E-state index in [0.717, 1.165) is 12.8 Å². The lowest BCUT2D eigenvalue weighted by molar-refractivity contribution is -0.0921. The summed E-state index contributed by atoms with van der Waals surface area (Å²) >= 11 is 0. The Kier molecular flexibility index (Phi) is 2.23. The van der Waals surface area contributed by atoms with Gasteiger partial charge in [0.2, 0.25) is 0 Å². The normalized spacial score (nSPS) is 54.8. The average Bonchev–Trinajstić information content (AvgIpc) is 2.82. The van der Waals surface area contributed by atoms with Gasteiger partial charge in [0.15, 0.2) is 0 Å². The highest BCUT2D eigenvalue weighted by Gasteiger charge is 2.56. The molecule has 5 atom stereocenters. The van der Waals surface area contributed by atoms with Crippen LogP contribution in [0.1, 0.15) is 52.9 Å². The zero-order valence-corrected chi connectivity index (χ0v) is 10.7. The van der Waals surface area contributed by atoms with Gasteiger partial charge in [-0.25, -0.2) is 0 Å². The van der Waals surface area contributed by atoms with E-state index >= 15 is 0 Å². The number of epoxide rings is 1. The molecular weight excluding hydrogens is 200 g/mol. The van der Waals surface area contributed by atoms with Gasteiger partial charge >= 0.3 is 0 Å². The maximum absolute atomic E-state index is 10.2. The van der Waals surface area contributed by atoms with E-state index in [1.165, 1.54) is 19.3 Å². The predicted octanol–water partition coefficient (Wildman–Crippen LogP) is 2.74. The van der Waals surface area contributed by atoms with E-state index in [2.05, 4.69) is 20.8 Å². The van der Waals surface area contributed by atoms with Crippen LogP contribution in [0.5, 0.6) is 0 Å². The molecule has 3 fully saturated rings. The monoisotopic (exact) mass is 224 g/mol. The summed E-state index contributed by atoms with van der Waals surface area (Å²) in [7, 11) is 0. The number of aliphatic hydroxyl groups is 1. The molecule has 0 radical (unpaired) electrons. The Morgan fingerprint density at radius 3 is 2.56 bits per heavy atom. The zero-order valence-electron chi connectivity index (χ0n) is 10.7. The molecule has 0 bridgehead atoms. The van der Waals surface area contributed by atoms with Crippen molar-refractivity contribution in [2.45, 2.75) is 70.7 Å². The lowest BCUT2D eigenvalue weighted by Crippen LogP contribution is -2.49. The van der Waals surface area contributed by atoms with Crippen LogP contribution in [0.2, 0.25) is 0 Å². The van der Waals surface area contributed by atoms with Crippen molar-refractivity contribution in [3.63, 3.8) is 0 Å². The quantitative estimate of drug-likeness (QED) is 0.642. The molecule has 3 aliphatic rings. The number of hydrogen-bond acceptors (Lipinski definition) is 2. The van der Waals surface area contributed by atoms with E-state index in [1.54, 1.807) is 0 Å². The first-order valence-electron chi connectivity index (χ1n) is 6.78. The van der Waals surface area contributed by atoms with E-state index < -0.39 is 0 Å². The molecule has 16 heavy (non-hydrogen) atoms. The van der Waals surface area contributed by atoms with Crippen molar-refractivity contribution >= 4 is 0 Å². The number of ether oxygens (including phenoxy) is 1. The zero-order chi connectivity index (χ0) is 11.6. The number of rotatable bonds is 0. The second-order valence-electron chi connectivity index (χ2n) is 7.07. The first kappa shape index (κ1) is 11.0. The molecule has 2 saturated carbocycles. The van der Waals surface area contributed by atoms with Gasteiger partial charge in [-0.3, -0.25) is 0 Å². The van der Waals surface area contributed by atoms with Gasteiger partial charge < -0.3 is 9.84 Å². The van der Waals surface area contributed by atoms with Gasteiger partial charge in [-0.15, -0.1) is 0 Å². The van der Waals surface area contributed by atoms with Crippen molar-refractivity contribution in [3.8, 4) is 0 Å². The Bertz CT molecular complexity index is 299. The molecule has 1 N–H and O–H groups in total. The topological polar surface area (TPSA) is 32.8 Å². The lowest BCUT2D eigenvalue weighted by atomic mass is 9.52. The highest BCUT2D eigenvalue weighted by molar-refractivity contribution is 5.05. The van der Waals surface area contributed by atoms with Crippen molar-refractivity contribution in [3.05, 3.63) is 0 Å². The third-order valence-corrected chi connectivity index (χ3v) is 5.49. The summed E-state index contributed by atoms with van der Waals surface area (Å²) in [5.74, 6) is 1.28. The summed E-state index contributed by atoms with van der Waals surface area (Å²) < 4.78 is 5.79. The Balaban J connectivity index is 1.75. The lowest BCUT2D eigenvalue weighted by Gasteiger charge is -2.54. The average molecular weight is 224 g/mol. The molecule has 0 aromatic rings. The number of hydrogen-bond donors (Lipinski definition) is 1. The molecule has 3 rings (SSSR count). The first-order chi connectivity index (χ1) is 7.42. The van der Waals surface area contributed by atoms with Crippen molar-refractivity contribution in [1.29, 1.82) is 0 Å². The fourth-order valence-electron chi connectivity index (χ4n) is 4.18. The standard InChI is InChI=1S/C14H24O2/c1-13(2)8-9-10(13)6-7-14(3)12(16-14)5-4-11(9)15/h9-12,15H,4-8H2,1-3H3/t9-,10+,11-,12+,14+/m0/s1. The number of aliphatic hydroxyl groups excluding tert-OH is 1. The van der Waals surface area contributed by atoms with Gasteiger partial charge in [0.1, 0.15) is 0 Å². The molecule has 1 aliphatic heterocycles. The van der Waals surface area contributed by atoms with Gasteiger partial charge in [-0.2, -0.15) is 0 Å². The van der Waals surface area contributed by atoms with E-state index in [4.69, 9.17) is 4.74 Å². The minimum absolute atomic E-state index is 0.0791. The molecule has 1 heterocycles. The Hall–Kier alpha value is -0.0800. The molecule has 0 aromatic carbocycles. The van der Waals surface area contributed by atoms with Crippen LogP contribution in [0.15, 0.2) is 0 Å². The van der Waals surface area contributed by atoms with Crippen LogP contribution in [-0.2, 0) is 4.74 Å². The first-order valence-corrected chi connectivity index (χ1v) is 6.78. The van der Waals surface area contributed by atoms with Gasteiger partial charge in [0.25, 0.3) is 0 Å². The number of fused-ring (bicyclic) bond motifs is 2. The van der Waals surface area contributed by atoms with E-state index in [1.807, 2.05) is 0 Å². The van der Waals surface area contributed by atoms with Gasteiger partial charge in [0.05, 0.1) is 17.8 Å². The molecule has 2 nitrogen and oxygen atoms in total. The summed E-state index contributed by atoms with van der Waals surface area (Å²) in [6.07, 6.45) is 5.99. The van der Waals surface area contributed by atoms with Crippen molar-refractivity contribution in [2.75, 3.05) is 0 Å². The van der Waals surface area contributed by atoms with Gasteiger partial charge in [-0.05, 0) is 56.3 Å². The van der Waals surface area contributed by atoms with Crippen molar-refractivity contribution in [1.82, 2.24) is 0 Å². The van der Waals surface area contributed by atoms with Crippen LogP contribution in [0, 0.1) is 17.3 Å². The summed E-state index contributed by atoms with van der Waals surface area (Å²) in [6.45, 7) is 6.95. The smallest absolute Gasteiger partial charge is 0.0920 e. The van der Waals surface area contributed by atoms with Crippen LogP contribution in [0.4, 0.5) is 0 Å². The summed E-state index contributed by atoms with van der Waals surface area (Å²) in [5.41, 5.74) is 0.594. The molecule has 2 aliphatic carbocycles. The fourth-order valence-corrected chi connectivity index (χ4v) is 4.18. The van der Waals surface area contributed by atoms with Crippen LogP contribution in [0.25, 0.3) is 0 Å². The molecule has 0 amide bonds. The third kappa shape index (κ3) is 1.53. The highest BCUT2D eigenvalue weighted by Crippen LogP contribution is 2.58. The van der Waals surface area contributed by atoms with Crippen molar-refractivity contribution in [2.24, 2.45) is 17.3 Å². The van der Waals surface area contributed by atoms with E-state index in [-0.39, 0.29) is 11.7 Å². The predicted molar refractivity (Wildman–Crippen MR) is 63.1 cm³/mol. The SMILES string of the molecule is CC1(C)C[C@H]2[C@H]1CC[C@@]1(C)O[C@@H]1CC[C@@H]2O. The molecule has 1 saturated heterocycles. The maximum Gasteiger partial charge on any atom is 0.0920 e. The second kappa shape index (κ2) is 3.23. The van der Waals surface area contributed by atoms with Crippen LogP contribution in [-0.4, -0.2) is 22.9 Å². The highest BCUT2D eigenvalue weighted by atomic mass is 16.6. The van der Waals surface area contributed by atoms with Gasteiger partial charge in [0, 0.05) is 0 Å². The maximum atomic E-state index is 10.2. The molecule has 0 unspecified atom stereocenters. The Morgan fingerprint density at radius 1 is 1.12 bits per heavy atom. The Morgan fingerprint density at radius 2 is 1.88 bits per heavy atom.